The van der Waals surface area contributed by atoms with Crippen molar-refractivity contribution in [1.29, 1.82) is 0 Å². The van der Waals surface area contributed by atoms with Crippen molar-refractivity contribution in [3.05, 3.63) is 53.6 Å². The van der Waals surface area contributed by atoms with Gasteiger partial charge in [0.2, 0.25) is 0 Å². The van der Waals surface area contributed by atoms with Crippen LogP contribution in [0, 0.1) is 6.92 Å². The van der Waals surface area contributed by atoms with Crippen molar-refractivity contribution in [1.82, 2.24) is 14.9 Å². The van der Waals surface area contributed by atoms with Crippen LogP contribution in [0.3, 0.4) is 0 Å². The number of rotatable bonds is 3. The molecular weight excluding hydrogens is 282 g/mol. The summed E-state index contributed by atoms with van der Waals surface area (Å²) in [5, 5.41) is 9.62. The molecule has 0 radical (unpaired) electrons. The second-order valence-corrected chi connectivity index (χ2v) is 5.32. The van der Waals surface area contributed by atoms with Crippen LogP contribution in [0.25, 0.3) is 0 Å². The molecule has 6 heteroatoms. The van der Waals surface area contributed by atoms with Gasteiger partial charge in [-0.15, -0.1) is 0 Å². The van der Waals surface area contributed by atoms with Crippen LogP contribution >= 0.6 is 0 Å². The monoisotopic (exact) mass is 301 g/mol. The number of amides is 1. The van der Waals surface area contributed by atoms with Crippen LogP contribution in [0.4, 0.5) is 0 Å². The fourth-order valence-electron chi connectivity index (χ4n) is 2.87. The Labute approximate surface area is 128 Å². The molecule has 6 nitrogen and oxygen atoms in total. The number of hydrogen-bond donors (Lipinski definition) is 2. The second kappa shape index (κ2) is 6.29. The molecule has 116 valence electrons. The standard InChI is InChI=1S/C16H19N3O3/c1-11-14(18-10-17-11)16(21)19-7-8-22-13(9-20)15(19)12-5-3-2-4-6-12/h2-6,10,13,15,20H,7-9H2,1H3,(H,17,18)/t13-,15-/m1/s1. The highest BCUT2D eigenvalue weighted by atomic mass is 16.5. The van der Waals surface area contributed by atoms with E-state index in [1.165, 1.54) is 6.33 Å². The molecule has 1 saturated heterocycles. The van der Waals surface area contributed by atoms with Crippen LogP contribution in [0.5, 0.6) is 0 Å². The number of aromatic amines is 1. The molecule has 0 unspecified atom stereocenters. The summed E-state index contributed by atoms with van der Waals surface area (Å²) in [6.45, 7) is 2.57. The Bertz CT molecular complexity index is 641. The first kappa shape index (κ1) is 14.7. The highest BCUT2D eigenvalue weighted by Crippen LogP contribution is 2.30. The van der Waals surface area contributed by atoms with E-state index in [0.29, 0.717) is 18.8 Å². The Morgan fingerprint density at radius 3 is 2.86 bits per heavy atom. The summed E-state index contributed by atoms with van der Waals surface area (Å²) in [4.78, 5) is 21.6. The molecule has 0 bridgehead atoms. The molecule has 22 heavy (non-hydrogen) atoms. The molecule has 0 spiro atoms. The topological polar surface area (TPSA) is 78.5 Å². The van der Waals surface area contributed by atoms with E-state index in [1.807, 2.05) is 37.3 Å². The summed E-state index contributed by atoms with van der Waals surface area (Å²) in [5.41, 5.74) is 2.10. The van der Waals surface area contributed by atoms with Crippen molar-refractivity contribution in [3.8, 4) is 0 Å². The van der Waals surface area contributed by atoms with Gasteiger partial charge in [-0.1, -0.05) is 30.3 Å². The molecule has 1 fully saturated rings. The van der Waals surface area contributed by atoms with E-state index >= 15 is 0 Å². The Balaban J connectivity index is 1.96. The summed E-state index contributed by atoms with van der Waals surface area (Å²) in [6.07, 6.45) is 1.09. The molecule has 1 aromatic carbocycles. The number of ether oxygens (including phenoxy) is 1. The van der Waals surface area contributed by atoms with Gasteiger partial charge in [-0.2, -0.15) is 0 Å². The summed E-state index contributed by atoms with van der Waals surface area (Å²) in [6, 6.07) is 9.33. The number of aryl methyl sites for hydroxylation is 1. The average Bonchev–Trinajstić information content (AvgIpc) is 3.00. The first-order valence-electron chi connectivity index (χ1n) is 7.30. The molecule has 1 amide bonds. The van der Waals surface area contributed by atoms with Gasteiger partial charge >= 0.3 is 0 Å². The number of benzene rings is 1. The van der Waals surface area contributed by atoms with Gasteiger partial charge < -0.3 is 19.7 Å². The second-order valence-electron chi connectivity index (χ2n) is 5.32. The van der Waals surface area contributed by atoms with Gasteiger partial charge in [-0.3, -0.25) is 4.79 Å². The van der Waals surface area contributed by atoms with Gasteiger partial charge in [0.15, 0.2) is 0 Å². The van der Waals surface area contributed by atoms with Crippen molar-refractivity contribution < 1.29 is 14.6 Å². The van der Waals surface area contributed by atoms with E-state index in [0.717, 1.165) is 11.3 Å². The Kier molecular flexibility index (Phi) is 4.22. The number of nitrogens with zero attached hydrogens (tertiary/aromatic N) is 2. The third kappa shape index (κ3) is 2.63. The van der Waals surface area contributed by atoms with Crippen LogP contribution in [-0.2, 0) is 4.74 Å². The largest absolute Gasteiger partial charge is 0.394 e. The van der Waals surface area contributed by atoms with E-state index in [1.54, 1.807) is 4.90 Å². The molecule has 0 saturated carbocycles. The molecule has 2 atom stereocenters. The van der Waals surface area contributed by atoms with Crippen LogP contribution < -0.4 is 0 Å². The summed E-state index contributed by atoms with van der Waals surface area (Å²) in [5.74, 6) is -0.144. The number of aliphatic hydroxyl groups excluding tert-OH is 1. The summed E-state index contributed by atoms with van der Waals surface area (Å²) >= 11 is 0. The summed E-state index contributed by atoms with van der Waals surface area (Å²) < 4.78 is 5.65. The predicted octanol–water partition coefficient (Wildman–Crippen LogP) is 1.29. The number of carbonyl (C=O) groups is 1. The Morgan fingerprint density at radius 2 is 2.23 bits per heavy atom. The average molecular weight is 301 g/mol. The lowest BCUT2D eigenvalue weighted by Gasteiger charge is -2.40. The highest BCUT2D eigenvalue weighted by Gasteiger charge is 2.37. The molecule has 3 rings (SSSR count). The number of aliphatic hydroxyl groups is 1. The zero-order valence-electron chi connectivity index (χ0n) is 12.4. The zero-order valence-corrected chi connectivity index (χ0v) is 12.4. The lowest BCUT2D eigenvalue weighted by atomic mass is 9.98. The number of imidazole rings is 1. The first-order chi connectivity index (χ1) is 10.7. The summed E-state index contributed by atoms with van der Waals surface area (Å²) in [7, 11) is 0. The van der Waals surface area contributed by atoms with Crippen molar-refractivity contribution in [2.45, 2.75) is 19.1 Å². The number of nitrogens with one attached hydrogen (secondary N) is 1. The maximum Gasteiger partial charge on any atom is 0.275 e. The van der Waals surface area contributed by atoms with E-state index in [4.69, 9.17) is 4.74 Å². The molecule has 2 aromatic rings. The Morgan fingerprint density at radius 1 is 1.45 bits per heavy atom. The molecule has 1 aromatic heterocycles. The molecule has 2 N–H and O–H groups in total. The number of morpholine rings is 1. The molecule has 1 aliphatic heterocycles. The van der Waals surface area contributed by atoms with Crippen LogP contribution in [0.2, 0.25) is 0 Å². The van der Waals surface area contributed by atoms with Crippen LogP contribution in [-0.4, -0.2) is 51.7 Å². The zero-order chi connectivity index (χ0) is 15.5. The molecule has 0 aliphatic carbocycles. The first-order valence-corrected chi connectivity index (χ1v) is 7.30. The smallest absolute Gasteiger partial charge is 0.275 e. The number of aromatic nitrogens is 2. The fraction of sp³-hybridized carbons (Fsp3) is 0.375. The SMILES string of the molecule is Cc1[nH]cnc1C(=O)N1CCO[C@H](CO)[C@H]1c1ccccc1. The molecule has 1 aliphatic rings. The van der Waals surface area contributed by atoms with Crippen molar-refractivity contribution in [3.63, 3.8) is 0 Å². The lowest BCUT2D eigenvalue weighted by Crippen LogP contribution is -2.49. The number of hydrogen-bond acceptors (Lipinski definition) is 4. The van der Waals surface area contributed by atoms with Gasteiger partial charge in [0.05, 0.1) is 25.6 Å². The van der Waals surface area contributed by atoms with E-state index < -0.39 is 6.10 Å². The van der Waals surface area contributed by atoms with Gasteiger partial charge in [-0.05, 0) is 12.5 Å². The van der Waals surface area contributed by atoms with Crippen LogP contribution in [0.1, 0.15) is 27.8 Å². The molecular formula is C16H19N3O3. The highest BCUT2D eigenvalue weighted by molar-refractivity contribution is 5.93. The van der Waals surface area contributed by atoms with E-state index in [9.17, 15) is 9.90 Å². The minimum Gasteiger partial charge on any atom is -0.394 e. The fourth-order valence-corrected chi connectivity index (χ4v) is 2.87. The normalized spacial score (nSPS) is 21.8. The van der Waals surface area contributed by atoms with Crippen LogP contribution in [0.15, 0.2) is 36.7 Å². The van der Waals surface area contributed by atoms with Gasteiger partial charge in [0.25, 0.3) is 5.91 Å². The van der Waals surface area contributed by atoms with Crippen molar-refractivity contribution in [2.75, 3.05) is 19.8 Å². The van der Waals surface area contributed by atoms with Gasteiger partial charge in [0.1, 0.15) is 11.8 Å². The van der Waals surface area contributed by atoms with Gasteiger partial charge in [0, 0.05) is 12.2 Å². The van der Waals surface area contributed by atoms with Crippen molar-refractivity contribution >= 4 is 5.91 Å². The maximum atomic E-state index is 12.8. The minimum absolute atomic E-state index is 0.136. The quantitative estimate of drug-likeness (QED) is 0.895. The third-order valence-electron chi connectivity index (χ3n) is 3.97. The van der Waals surface area contributed by atoms with Crippen molar-refractivity contribution in [2.24, 2.45) is 0 Å². The predicted molar refractivity (Wildman–Crippen MR) is 80.4 cm³/mol. The lowest BCUT2D eigenvalue weighted by molar-refractivity contribution is -0.0812. The number of H-pyrrole nitrogens is 1. The van der Waals surface area contributed by atoms with E-state index in [-0.39, 0.29) is 18.6 Å². The Hall–Kier alpha value is -2.18. The van der Waals surface area contributed by atoms with E-state index in [2.05, 4.69) is 9.97 Å². The maximum absolute atomic E-state index is 12.8. The third-order valence-corrected chi connectivity index (χ3v) is 3.97. The molecule has 2 heterocycles. The van der Waals surface area contributed by atoms with Gasteiger partial charge in [-0.25, -0.2) is 4.98 Å². The number of carbonyl (C=O) groups excluding carboxylic acids is 1. The minimum atomic E-state index is -0.431.